The van der Waals surface area contributed by atoms with Gasteiger partial charge in [-0.3, -0.25) is 19.3 Å². The molecule has 3 rings (SSSR count). The van der Waals surface area contributed by atoms with Crippen molar-refractivity contribution in [1.29, 1.82) is 0 Å². The van der Waals surface area contributed by atoms with E-state index in [2.05, 4.69) is 5.32 Å². The summed E-state index contributed by atoms with van der Waals surface area (Å²) in [6.07, 6.45) is -0.131. The smallest absolute Gasteiger partial charge is 0.261 e. The van der Waals surface area contributed by atoms with Gasteiger partial charge in [-0.15, -0.1) is 0 Å². The molecule has 0 unspecified atom stereocenters. The van der Waals surface area contributed by atoms with Gasteiger partial charge in [0.15, 0.2) is 0 Å². The fraction of sp³-hybridized carbons (Fsp3) is 0.118. The standard InChI is InChI=1S/C17H12ClFN2O3/c18-10-5-6-14(13(19)9-10)20-15(22)7-8-21-16(23)11-3-1-2-4-12(11)17(21)24/h1-6,9H,7-8H2,(H,20,22). The van der Waals surface area contributed by atoms with Gasteiger partial charge < -0.3 is 5.32 Å². The van der Waals surface area contributed by atoms with Crippen molar-refractivity contribution in [2.24, 2.45) is 0 Å². The average Bonchev–Trinajstić information content (AvgIpc) is 2.80. The van der Waals surface area contributed by atoms with Crippen LogP contribution in [0.15, 0.2) is 42.5 Å². The van der Waals surface area contributed by atoms with E-state index in [1.807, 2.05) is 0 Å². The van der Waals surface area contributed by atoms with E-state index in [9.17, 15) is 18.8 Å². The van der Waals surface area contributed by atoms with Crippen molar-refractivity contribution < 1.29 is 18.8 Å². The van der Waals surface area contributed by atoms with E-state index < -0.39 is 23.5 Å². The number of anilines is 1. The van der Waals surface area contributed by atoms with Crippen molar-refractivity contribution in [2.45, 2.75) is 6.42 Å². The Morgan fingerprint density at radius 2 is 1.71 bits per heavy atom. The molecule has 1 aliphatic rings. The Labute approximate surface area is 142 Å². The normalized spacial score (nSPS) is 13.2. The van der Waals surface area contributed by atoms with Gasteiger partial charge in [0.05, 0.1) is 16.8 Å². The number of halogens is 2. The van der Waals surface area contributed by atoms with Gasteiger partial charge in [-0.05, 0) is 30.3 Å². The first-order valence-corrected chi connectivity index (χ1v) is 7.55. The van der Waals surface area contributed by atoms with E-state index >= 15 is 0 Å². The number of benzene rings is 2. The summed E-state index contributed by atoms with van der Waals surface area (Å²) in [5.74, 6) is -2.02. The van der Waals surface area contributed by atoms with Crippen LogP contribution in [-0.4, -0.2) is 29.2 Å². The summed E-state index contributed by atoms with van der Waals surface area (Å²) < 4.78 is 13.6. The number of rotatable bonds is 4. The van der Waals surface area contributed by atoms with Gasteiger partial charge in [-0.25, -0.2) is 4.39 Å². The second kappa shape index (κ2) is 6.41. The predicted octanol–water partition coefficient (Wildman–Crippen LogP) is 3.10. The molecule has 0 saturated heterocycles. The number of amides is 3. The van der Waals surface area contributed by atoms with Gasteiger partial charge in [0.1, 0.15) is 5.82 Å². The molecule has 0 aromatic heterocycles. The van der Waals surface area contributed by atoms with Crippen LogP contribution in [0, 0.1) is 5.82 Å². The average molecular weight is 347 g/mol. The van der Waals surface area contributed by atoms with Gasteiger partial charge in [0, 0.05) is 18.0 Å². The summed E-state index contributed by atoms with van der Waals surface area (Å²) in [5, 5.41) is 2.61. The van der Waals surface area contributed by atoms with Crippen LogP contribution in [0.2, 0.25) is 5.02 Å². The molecule has 0 atom stereocenters. The highest BCUT2D eigenvalue weighted by atomic mass is 35.5. The SMILES string of the molecule is O=C(CCN1C(=O)c2ccccc2C1=O)Nc1ccc(Cl)cc1F. The zero-order chi connectivity index (χ0) is 17.3. The zero-order valence-electron chi connectivity index (χ0n) is 12.4. The summed E-state index contributed by atoms with van der Waals surface area (Å²) in [4.78, 5) is 37.3. The zero-order valence-corrected chi connectivity index (χ0v) is 13.1. The predicted molar refractivity (Wildman–Crippen MR) is 86.5 cm³/mol. The number of nitrogens with zero attached hydrogens (tertiary/aromatic N) is 1. The molecule has 0 radical (unpaired) electrons. The molecule has 1 heterocycles. The molecule has 2 aromatic rings. The number of carbonyl (C=O) groups is 3. The Morgan fingerprint density at radius 3 is 2.29 bits per heavy atom. The van der Waals surface area contributed by atoms with Gasteiger partial charge >= 0.3 is 0 Å². The lowest BCUT2D eigenvalue weighted by molar-refractivity contribution is -0.116. The van der Waals surface area contributed by atoms with Gasteiger partial charge in [-0.1, -0.05) is 23.7 Å². The Morgan fingerprint density at radius 1 is 1.08 bits per heavy atom. The van der Waals surface area contributed by atoms with E-state index in [0.717, 1.165) is 11.0 Å². The van der Waals surface area contributed by atoms with Crippen LogP contribution in [-0.2, 0) is 4.79 Å². The number of fused-ring (bicyclic) bond motifs is 1. The highest BCUT2D eigenvalue weighted by Gasteiger charge is 2.34. The van der Waals surface area contributed by atoms with Gasteiger partial charge in [0.25, 0.3) is 11.8 Å². The van der Waals surface area contributed by atoms with E-state index in [1.165, 1.54) is 12.1 Å². The number of nitrogens with one attached hydrogen (secondary N) is 1. The summed E-state index contributed by atoms with van der Waals surface area (Å²) in [5.41, 5.74) is 0.644. The first-order chi connectivity index (χ1) is 11.5. The molecule has 0 bridgehead atoms. The van der Waals surface area contributed by atoms with Crippen molar-refractivity contribution in [3.8, 4) is 0 Å². The molecule has 0 aliphatic carbocycles. The molecule has 24 heavy (non-hydrogen) atoms. The Hall–Kier alpha value is -2.73. The number of hydrogen-bond acceptors (Lipinski definition) is 3. The third kappa shape index (κ3) is 3.00. The minimum Gasteiger partial charge on any atom is -0.324 e. The largest absolute Gasteiger partial charge is 0.324 e. The molecule has 1 N–H and O–H groups in total. The molecule has 7 heteroatoms. The maximum atomic E-state index is 13.6. The summed E-state index contributed by atoms with van der Waals surface area (Å²) in [6, 6.07) is 10.4. The molecule has 0 spiro atoms. The van der Waals surface area contributed by atoms with Crippen molar-refractivity contribution >= 4 is 35.0 Å². The van der Waals surface area contributed by atoms with Crippen LogP contribution in [0.25, 0.3) is 0 Å². The fourth-order valence-electron chi connectivity index (χ4n) is 2.46. The maximum absolute atomic E-state index is 13.6. The monoisotopic (exact) mass is 346 g/mol. The second-order valence-electron chi connectivity index (χ2n) is 5.23. The summed E-state index contributed by atoms with van der Waals surface area (Å²) in [7, 11) is 0. The Kier molecular flexibility index (Phi) is 4.31. The van der Waals surface area contributed by atoms with Crippen LogP contribution >= 0.6 is 11.6 Å². The molecular formula is C17H12ClFN2O3. The minimum atomic E-state index is -0.656. The molecule has 122 valence electrons. The van der Waals surface area contributed by atoms with Crippen molar-refractivity contribution in [2.75, 3.05) is 11.9 Å². The van der Waals surface area contributed by atoms with E-state index in [4.69, 9.17) is 11.6 Å². The topological polar surface area (TPSA) is 66.5 Å². The minimum absolute atomic E-state index is 0.00763. The molecule has 0 fully saturated rings. The van der Waals surface area contributed by atoms with Gasteiger partial charge in [0.2, 0.25) is 5.91 Å². The summed E-state index contributed by atoms with van der Waals surface area (Å²) >= 11 is 5.64. The fourth-order valence-corrected chi connectivity index (χ4v) is 2.62. The second-order valence-corrected chi connectivity index (χ2v) is 5.67. The lowest BCUT2D eigenvalue weighted by atomic mass is 10.1. The molecule has 1 aliphatic heterocycles. The summed E-state index contributed by atoms with van der Waals surface area (Å²) in [6.45, 7) is -0.0760. The maximum Gasteiger partial charge on any atom is 0.261 e. The molecule has 3 amide bonds. The number of imide groups is 1. The Balaban J connectivity index is 1.63. The van der Waals surface area contributed by atoms with Crippen molar-refractivity contribution in [3.05, 3.63) is 64.4 Å². The van der Waals surface area contributed by atoms with Crippen LogP contribution in [0.3, 0.4) is 0 Å². The highest BCUT2D eigenvalue weighted by molar-refractivity contribution is 6.30. The van der Waals surface area contributed by atoms with Crippen LogP contribution in [0.1, 0.15) is 27.1 Å². The van der Waals surface area contributed by atoms with Crippen molar-refractivity contribution in [3.63, 3.8) is 0 Å². The van der Waals surface area contributed by atoms with Crippen LogP contribution in [0.4, 0.5) is 10.1 Å². The van der Waals surface area contributed by atoms with Crippen molar-refractivity contribution in [1.82, 2.24) is 4.90 Å². The molecular weight excluding hydrogens is 335 g/mol. The third-order valence-electron chi connectivity index (χ3n) is 3.65. The van der Waals surface area contributed by atoms with E-state index in [1.54, 1.807) is 24.3 Å². The quantitative estimate of drug-likeness (QED) is 0.865. The molecule has 0 saturated carbocycles. The molecule has 5 nitrogen and oxygen atoms in total. The number of carbonyl (C=O) groups excluding carboxylic acids is 3. The third-order valence-corrected chi connectivity index (χ3v) is 3.88. The lowest BCUT2D eigenvalue weighted by Crippen LogP contribution is -2.32. The molecule has 2 aromatic carbocycles. The Bertz CT molecular complexity index is 818. The first-order valence-electron chi connectivity index (χ1n) is 7.17. The highest BCUT2D eigenvalue weighted by Crippen LogP contribution is 2.23. The first kappa shape index (κ1) is 16.1. The van der Waals surface area contributed by atoms with Crippen LogP contribution < -0.4 is 5.32 Å². The van der Waals surface area contributed by atoms with Crippen LogP contribution in [0.5, 0.6) is 0 Å². The van der Waals surface area contributed by atoms with Gasteiger partial charge in [-0.2, -0.15) is 0 Å². The number of hydrogen-bond donors (Lipinski definition) is 1. The van der Waals surface area contributed by atoms with E-state index in [0.29, 0.717) is 11.1 Å². The van der Waals surface area contributed by atoms with E-state index in [-0.39, 0.29) is 23.7 Å². The lowest BCUT2D eigenvalue weighted by Gasteiger charge is -2.13.